The molecule has 0 amide bonds. The first-order valence-electron chi connectivity index (χ1n) is 9.30. The van der Waals surface area contributed by atoms with Crippen LogP contribution >= 0.6 is 11.5 Å². The molecule has 145 valence electrons. The zero-order chi connectivity index (χ0) is 18.9. The van der Waals surface area contributed by atoms with Crippen LogP contribution in [0.2, 0.25) is 0 Å². The average molecular weight is 583 g/mol. The Kier molecular flexibility index (Phi) is 3.80. The van der Waals surface area contributed by atoms with Gasteiger partial charge in [0.25, 0.3) is 0 Å². The summed E-state index contributed by atoms with van der Waals surface area (Å²) in [5, 5.41) is 4.48. The summed E-state index contributed by atoms with van der Waals surface area (Å²) >= 11 is 1.44. The third-order valence-corrected chi connectivity index (χ3v) is 6.34. The van der Waals surface area contributed by atoms with Gasteiger partial charge in [0, 0.05) is 48.9 Å². The molecule has 0 aliphatic rings. The van der Waals surface area contributed by atoms with Gasteiger partial charge < -0.3 is 14.0 Å². The largest absolute Gasteiger partial charge is 0.338 e. The monoisotopic (exact) mass is 583 g/mol. The van der Waals surface area contributed by atoms with Crippen molar-refractivity contribution in [3.8, 4) is 5.69 Å². The first kappa shape index (κ1) is 17.7. The number of benzene rings is 2. The molecule has 2 aromatic carbocycles. The molecular formula is C23H12IrN5S-. The van der Waals surface area contributed by atoms with Crippen LogP contribution in [0, 0.1) is 6.20 Å². The van der Waals surface area contributed by atoms with E-state index in [9.17, 15) is 0 Å². The molecule has 0 atom stereocenters. The Labute approximate surface area is 188 Å². The molecule has 0 aliphatic carbocycles. The number of hydrogen-bond donors (Lipinski definition) is 0. The Morgan fingerprint density at radius 3 is 2.33 bits per heavy atom. The second kappa shape index (κ2) is 6.44. The molecule has 7 aromatic rings. The first-order valence-corrected chi connectivity index (χ1v) is 10.1. The van der Waals surface area contributed by atoms with Crippen molar-refractivity contribution >= 4 is 60.1 Å². The fraction of sp³-hybridized carbons (Fsp3) is 0. The molecule has 1 radical (unpaired) electrons. The van der Waals surface area contributed by atoms with E-state index in [1.54, 1.807) is 6.20 Å². The molecule has 0 aliphatic heterocycles. The molecule has 0 saturated heterocycles. The Morgan fingerprint density at radius 1 is 0.833 bits per heavy atom. The van der Waals surface area contributed by atoms with E-state index >= 15 is 0 Å². The summed E-state index contributed by atoms with van der Waals surface area (Å²) in [5.74, 6) is 0. The molecule has 30 heavy (non-hydrogen) atoms. The number of pyridine rings is 2. The number of nitrogens with zero attached hydrogens (tertiary/aromatic N) is 5. The quantitative estimate of drug-likeness (QED) is 0.244. The van der Waals surface area contributed by atoms with Crippen molar-refractivity contribution < 1.29 is 20.1 Å². The third-order valence-electron chi connectivity index (χ3n) is 5.55. The van der Waals surface area contributed by atoms with Gasteiger partial charge in [0.2, 0.25) is 0 Å². The molecular weight excluding hydrogens is 571 g/mol. The summed E-state index contributed by atoms with van der Waals surface area (Å²) in [5.41, 5.74) is 5.10. The van der Waals surface area contributed by atoms with Gasteiger partial charge >= 0.3 is 0 Å². The van der Waals surface area contributed by atoms with Crippen LogP contribution in [-0.4, -0.2) is 23.3 Å². The number of aromatic nitrogens is 5. The number of hydrogen-bond acceptors (Lipinski definition) is 4. The standard InChI is InChI=1S/C23H12N5S.Ir/c1-3-7-19-15(5-1)16-6-2-4-8-20(16)28(19)14-11-17-21-18(13-26-29-21)23-24-9-10-27(23)22(17)25-12-14;/h1-12H;/q-1;. The van der Waals surface area contributed by atoms with Crippen LogP contribution < -0.4 is 0 Å². The van der Waals surface area contributed by atoms with E-state index in [1.165, 1.54) is 33.3 Å². The summed E-state index contributed by atoms with van der Waals surface area (Å²) in [6.45, 7) is 0. The van der Waals surface area contributed by atoms with Gasteiger partial charge in [-0.2, -0.15) is 0 Å². The van der Waals surface area contributed by atoms with Gasteiger partial charge in [-0.3, -0.25) is 4.37 Å². The van der Waals surface area contributed by atoms with Crippen molar-refractivity contribution in [3.63, 3.8) is 0 Å². The minimum Gasteiger partial charge on any atom is -0.338 e. The van der Waals surface area contributed by atoms with E-state index in [4.69, 9.17) is 4.98 Å². The minimum absolute atomic E-state index is 0. The van der Waals surface area contributed by atoms with Crippen molar-refractivity contribution in [2.75, 3.05) is 0 Å². The number of para-hydroxylation sites is 2. The normalized spacial score (nSPS) is 11.7. The van der Waals surface area contributed by atoms with Gasteiger partial charge in [-0.05, 0) is 28.3 Å². The van der Waals surface area contributed by atoms with E-state index in [1.807, 2.05) is 16.8 Å². The average Bonchev–Trinajstić information content (AvgIpc) is 3.50. The molecule has 0 N–H and O–H groups in total. The number of fused-ring (bicyclic) bond motifs is 9. The van der Waals surface area contributed by atoms with Crippen LogP contribution in [0.15, 0.2) is 73.2 Å². The molecule has 5 nitrogen and oxygen atoms in total. The zero-order valence-corrected chi connectivity index (χ0v) is 18.6. The molecule has 0 bridgehead atoms. The molecule has 7 rings (SSSR count). The smallest absolute Gasteiger partial charge is 0.123 e. The second-order valence-corrected chi connectivity index (χ2v) is 7.83. The van der Waals surface area contributed by atoms with Crippen molar-refractivity contribution in [2.45, 2.75) is 0 Å². The molecule has 0 spiro atoms. The van der Waals surface area contributed by atoms with Crippen LogP contribution in [-0.2, 0) is 20.1 Å². The SMILES string of the molecule is [Ir].[c-]1nsc2c1c1nccn1c1ncc(-n3c4ccccc4c4ccccc43)cc21. The van der Waals surface area contributed by atoms with E-state index in [0.29, 0.717) is 0 Å². The summed E-state index contributed by atoms with van der Waals surface area (Å²) < 4.78 is 9.66. The maximum Gasteiger partial charge on any atom is 0.123 e. The topological polar surface area (TPSA) is 48.0 Å². The predicted octanol–water partition coefficient (Wildman–Crippen LogP) is 5.39. The third kappa shape index (κ3) is 2.22. The first-order chi connectivity index (χ1) is 14.4. The Morgan fingerprint density at radius 2 is 1.57 bits per heavy atom. The van der Waals surface area contributed by atoms with Crippen LogP contribution in [0.25, 0.3) is 54.3 Å². The van der Waals surface area contributed by atoms with Gasteiger partial charge in [0.15, 0.2) is 0 Å². The Bertz CT molecular complexity index is 1670. The molecule has 5 heterocycles. The summed E-state index contributed by atoms with van der Waals surface area (Å²) in [6, 6.07) is 19.2. The van der Waals surface area contributed by atoms with Gasteiger partial charge in [-0.15, -0.1) is 16.9 Å². The van der Waals surface area contributed by atoms with Crippen LogP contribution in [0.5, 0.6) is 0 Å². The second-order valence-electron chi connectivity index (χ2n) is 7.05. The van der Waals surface area contributed by atoms with Crippen molar-refractivity contribution in [1.82, 2.24) is 23.3 Å². The fourth-order valence-electron chi connectivity index (χ4n) is 4.33. The minimum atomic E-state index is 0. The van der Waals surface area contributed by atoms with E-state index in [-0.39, 0.29) is 20.1 Å². The van der Waals surface area contributed by atoms with Gasteiger partial charge in [-0.25, -0.2) is 4.98 Å². The maximum atomic E-state index is 4.85. The Balaban J connectivity index is 0.00000175. The van der Waals surface area contributed by atoms with Crippen LogP contribution in [0.3, 0.4) is 0 Å². The Hall–Kier alpha value is -3.12. The molecule has 0 fully saturated rings. The van der Waals surface area contributed by atoms with Crippen molar-refractivity contribution in [3.05, 3.63) is 79.4 Å². The molecule has 7 heteroatoms. The van der Waals surface area contributed by atoms with Gasteiger partial charge in [-0.1, -0.05) is 42.6 Å². The van der Waals surface area contributed by atoms with Crippen molar-refractivity contribution in [1.29, 1.82) is 0 Å². The summed E-state index contributed by atoms with van der Waals surface area (Å²) in [6.07, 6.45) is 8.78. The summed E-state index contributed by atoms with van der Waals surface area (Å²) in [4.78, 5) is 9.32. The maximum absolute atomic E-state index is 4.85. The number of rotatable bonds is 1. The predicted molar refractivity (Wildman–Crippen MR) is 117 cm³/mol. The fourth-order valence-corrected chi connectivity index (χ4v) is 5.04. The summed E-state index contributed by atoms with van der Waals surface area (Å²) in [7, 11) is 0. The number of imidazole rings is 1. The zero-order valence-electron chi connectivity index (χ0n) is 15.4. The van der Waals surface area contributed by atoms with E-state index in [2.05, 4.69) is 74.7 Å². The van der Waals surface area contributed by atoms with E-state index in [0.717, 1.165) is 32.5 Å². The van der Waals surface area contributed by atoms with E-state index < -0.39 is 0 Å². The molecule has 5 aromatic heterocycles. The van der Waals surface area contributed by atoms with Gasteiger partial charge in [0.05, 0.1) is 22.9 Å². The molecule has 0 unspecified atom stereocenters. The van der Waals surface area contributed by atoms with Crippen molar-refractivity contribution in [2.24, 2.45) is 0 Å². The molecule has 0 saturated carbocycles. The van der Waals surface area contributed by atoms with Gasteiger partial charge in [0.1, 0.15) is 5.65 Å². The van der Waals surface area contributed by atoms with Crippen LogP contribution in [0.4, 0.5) is 0 Å². The van der Waals surface area contributed by atoms with Crippen LogP contribution in [0.1, 0.15) is 0 Å².